The molecule has 124 valence electrons. The normalized spacial score (nSPS) is 12.0. The van der Waals surface area contributed by atoms with Crippen LogP contribution in [0.3, 0.4) is 0 Å². The van der Waals surface area contributed by atoms with Crippen LogP contribution in [0.4, 0.5) is 5.95 Å². The van der Waals surface area contributed by atoms with Crippen molar-refractivity contribution in [3.8, 4) is 0 Å². The molecule has 0 saturated carbocycles. The molecule has 0 aliphatic heterocycles. The van der Waals surface area contributed by atoms with Gasteiger partial charge in [0.1, 0.15) is 11.3 Å². The number of hydrogen-bond acceptors (Lipinski definition) is 5. The number of rotatable bonds is 3. The predicted molar refractivity (Wildman–Crippen MR) is 101 cm³/mol. The number of hydrazone groups is 1. The number of nitrogens with one attached hydrogen (secondary N) is 1. The highest BCUT2D eigenvalue weighted by atomic mass is 16.3. The third kappa shape index (κ3) is 2.96. The molecule has 4 aromatic rings. The Balaban J connectivity index is 1.69. The molecule has 0 spiro atoms. The molecule has 0 aliphatic carbocycles. The average molecular weight is 330 g/mol. The minimum atomic E-state index is 0.485. The van der Waals surface area contributed by atoms with E-state index in [9.17, 15) is 0 Å². The van der Waals surface area contributed by atoms with E-state index in [-0.39, 0.29) is 0 Å². The summed E-state index contributed by atoms with van der Waals surface area (Å²) in [6.45, 7) is 5.76. The van der Waals surface area contributed by atoms with Crippen molar-refractivity contribution in [2.45, 2.75) is 20.8 Å². The SMILES string of the molecule is C/C(=N/Nc1nc(C)cc(C)n1)c1cc2c(ccc3ccccc32)o1. The van der Waals surface area contributed by atoms with Crippen LogP contribution in [0.5, 0.6) is 0 Å². The topological polar surface area (TPSA) is 63.3 Å². The lowest BCUT2D eigenvalue weighted by Gasteiger charge is -2.02. The molecular weight excluding hydrogens is 312 g/mol. The molecule has 0 bridgehead atoms. The van der Waals surface area contributed by atoms with Gasteiger partial charge in [0.15, 0.2) is 5.76 Å². The van der Waals surface area contributed by atoms with Gasteiger partial charge in [0.05, 0.1) is 0 Å². The molecule has 0 fully saturated rings. The highest BCUT2D eigenvalue weighted by Gasteiger charge is 2.09. The van der Waals surface area contributed by atoms with E-state index in [1.165, 1.54) is 10.8 Å². The lowest BCUT2D eigenvalue weighted by Crippen LogP contribution is -2.03. The number of benzene rings is 2. The first-order chi connectivity index (χ1) is 12.1. The molecule has 2 aromatic heterocycles. The monoisotopic (exact) mass is 330 g/mol. The van der Waals surface area contributed by atoms with E-state index in [4.69, 9.17) is 4.42 Å². The van der Waals surface area contributed by atoms with Crippen LogP contribution in [-0.2, 0) is 0 Å². The maximum Gasteiger partial charge on any atom is 0.243 e. The average Bonchev–Trinajstić information content (AvgIpc) is 3.04. The van der Waals surface area contributed by atoms with E-state index >= 15 is 0 Å². The van der Waals surface area contributed by atoms with E-state index in [2.05, 4.69) is 38.7 Å². The number of aryl methyl sites for hydroxylation is 2. The predicted octanol–water partition coefficient (Wildman–Crippen LogP) is 4.83. The lowest BCUT2D eigenvalue weighted by molar-refractivity contribution is 0.604. The molecule has 0 aliphatic rings. The Morgan fingerprint density at radius 2 is 1.72 bits per heavy atom. The Morgan fingerprint density at radius 3 is 2.52 bits per heavy atom. The van der Waals surface area contributed by atoms with Crippen LogP contribution < -0.4 is 5.43 Å². The molecule has 4 rings (SSSR count). The summed E-state index contributed by atoms with van der Waals surface area (Å²) in [5, 5.41) is 7.83. The Kier molecular flexibility index (Phi) is 3.69. The molecule has 2 heterocycles. The molecule has 25 heavy (non-hydrogen) atoms. The summed E-state index contributed by atoms with van der Waals surface area (Å²) < 4.78 is 5.96. The third-order valence-electron chi connectivity index (χ3n) is 4.09. The zero-order valence-electron chi connectivity index (χ0n) is 14.4. The number of fused-ring (bicyclic) bond motifs is 3. The first-order valence-electron chi connectivity index (χ1n) is 8.14. The van der Waals surface area contributed by atoms with Crippen LogP contribution >= 0.6 is 0 Å². The largest absolute Gasteiger partial charge is 0.455 e. The molecule has 5 heteroatoms. The molecule has 0 radical (unpaired) electrons. The van der Waals surface area contributed by atoms with Crippen LogP contribution in [0, 0.1) is 13.8 Å². The molecule has 0 unspecified atom stereocenters. The molecule has 5 nitrogen and oxygen atoms in total. The highest BCUT2D eigenvalue weighted by Crippen LogP contribution is 2.28. The highest BCUT2D eigenvalue weighted by molar-refractivity contribution is 6.09. The van der Waals surface area contributed by atoms with Crippen molar-refractivity contribution in [2.24, 2.45) is 5.10 Å². The summed E-state index contributed by atoms with van der Waals surface area (Å²) in [6, 6.07) is 16.3. The smallest absolute Gasteiger partial charge is 0.243 e. The molecule has 0 saturated heterocycles. The summed E-state index contributed by atoms with van der Waals surface area (Å²) in [6.07, 6.45) is 0. The number of hydrogen-bond donors (Lipinski definition) is 1. The van der Waals surface area contributed by atoms with E-state index in [1.807, 2.05) is 51.1 Å². The Hall–Kier alpha value is -3.21. The van der Waals surface area contributed by atoms with Crippen molar-refractivity contribution in [2.75, 3.05) is 5.43 Å². The Labute approximate surface area is 145 Å². The molecule has 2 aromatic carbocycles. The molecular formula is C20H18N4O. The fourth-order valence-corrected chi connectivity index (χ4v) is 2.94. The standard InChI is InChI=1S/C20H18N4O/c1-12-10-13(2)22-20(21-12)24-23-14(3)19-11-17-16-7-5-4-6-15(16)8-9-18(17)25-19/h4-11H,1-3H3,(H,21,22,24)/b23-14-. The van der Waals surface area contributed by atoms with Crippen LogP contribution in [0.25, 0.3) is 21.7 Å². The van der Waals surface area contributed by atoms with Crippen LogP contribution in [-0.4, -0.2) is 15.7 Å². The maximum absolute atomic E-state index is 5.96. The zero-order valence-corrected chi connectivity index (χ0v) is 14.4. The fourth-order valence-electron chi connectivity index (χ4n) is 2.94. The summed E-state index contributed by atoms with van der Waals surface area (Å²) in [4.78, 5) is 8.65. The lowest BCUT2D eigenvalue weighted by atomic mass is 10.1. The number of nitrogens with zero attached hydrogens (tertiary/aromatic N) is 3. The van der Waals surface area contributed by atoms with Crippen molar-refractivity contribution in [1.82, 2.24) is 9.97 Å². The summed E-state index contributed by atoms with van der Waals surface area (Å²) in [7, 11) is 0. The minimum absolute atomic E-state index is 0.485. The number of anilines is 1. The summed E-state index contributed by atoms with van der Waals surface area (Å²) in [5.41, 5.74) is 6.31. The van der Waals surface area contributed by atoms with Gasteiger partial charge in [-0.2, -0.15) is 5.10 Å². The van der Waals surface area contributed by atoms with Crippen molar-refractivity contribution in [1.29, 1.82) is 0 Å². The van der Waals surface area contributed by atoms with Crippen LogP contribution in [0.15, 0.2) is 58.0 Å². The number of furan rings is 1. The Morgan fingerprint density at radius 1 is 0.960 bits per heavy atom. The van der Waals surface area contributed by atoms with Gasteiger partial charge in [0.2, 0.25) is 5.95 Å². The maximum atomic E-state index is 5.96. The molecule has 0 atom stereocenters. The van der Waals surface area contributed by atoms with Gasteiger partial charge >= 0.3 is 0 Å². The van der Waals surface area contributed by atoms with Gasteiger partial charge in [-0.1, -0.05) is 30.3 Å². The number of aromatic nitrogens is 2. The molecule has 0 amide bonds. The molecule has 1 N–H and O–H groups in total. The van der Waals surface area contributed by atoms with Gasteiger partial charge < -0.3 is 4.42 Å². The zero-order chi connectivity index (χ0) is 17.4. The third-order valence-corrected chi connectivity index (χ3v) is 4.09. The van der Waals surface area contributed by atoms with E-state index in [0.29, 0.717) is 5.95 Å². The van der Waals surface area contributed by atoms with Gasteiger partial charge in [0, 0.05) is 16.8 Å². The van der Waals surface area contributed by atoms with E-state index < -0.39 is 0 Å². The fraction of sp³-hybridized carbons (Fsp3) is 0.150. The summed E-state index contributed by atoms with van der Waals surface area (Å²) >= 11 is 0. The van der Waals surface area contributed by atoms with Crippen molar-refractivity contribution in [3.63, 3.8) is 0 Å². The van der Waals surface area contributed by atoms with Gasteiger partial charge in [0.25, 0.3) is 0 Å². The second-order valence-electron chi connectivity index (χ2n) is 6.09. The van der Waals surface area contributed by atoms with Gasteiger partial charge in [-0.05, 0) is 49.7 Å². The minimum Gasteiger partial charge on any atom is -0.455 e. The van der Waals surface area contributed by atoms with E-state index in [0.717, 1.165) is 33.8 Å². The van der Waals surface area contributed by atoms with Gasteiger partial charge in [-0.15, -0.1) is 0 Å². The van der Waals surface area contributed by atoms with Crippen LogP contribution in [0.2, 0.25) is 0 Å². The van der Waals surface area contributed by atoms with E-state index in [1.54, 1.807) is 0 Å². The summed E-state index contributed by atoms with van der Waals surface area (Å²) in [5.74, 6) is 1.21. The second-order valence-corrected chi connectivity index (χ2v) is 6.09. The first-order valence-corrected chi connectivity index (χ1v) is 8.14. The van der Waals surface area contributed by atoms with Crippen molar-refractivity contribution in [3.05, 3.63) is 65.7 Å². The quantitative estimate of drug-likeness (QED) is 0.432. The second kappa shape index (κ2) is 6.02. The van der Waals surface area contributed by atoms with Crippen molar-refractivity contribution < 1.29 is 4.42 Å². The first kappa shape index (κ1) is 15.3. The van der Waals surface area contributed by atoms with Gasteiger partial charge in [-0.3, -0.25) is 0 Å². The van der Waals surface area contributed by atoms with Crippen LogP contribution in [0.1, 0.15) is 24.1 Å². The Bertz CT molecular complexity index is 1090. The van der Waals surface area contributed by atoms with Crippen molar-refractivity contribution >= 4 is 33.4 Å². The van der Waals surface area contributed by atoms with Gasteiger partial charge in [-0.25, -0.2) is 15.4 Å².